The van der Waals surface area contributed by atoms with Crippen LogP contribution in [0.2, 0.25) is 0 Å². The summed E-state index contributed by atoms with van der Waals surface area (Å²) in [6, 6.07) is 49.9. The van der Waals surface area contributed by atoms with Gasteiger partial charge in [-0.15, -0.1) is 0 Å². The second-order valence-corrected chi connectivity index (χ2v) is 14.4. The van der Waals surface area contributed by atoms with Crippen LogP contribution in [0.3, 0.4) is 0 Å². The highest BCUT2D eigenvalue weighted by molar-refractivity contribution is 5.89. The standard InChI is InChI=1S/C45H41N/c1-29(2)38-26-31(30-14-8-7-9-15-30)20-25-43(38)46(32-21-23-36-34-16-10-12-18-39(34)44(3,4)41(36)27-32)33-22-24-37-35-17-11-13-19-40(35)45(5,6)42(37)28-33/h7-29H,1-6H3. The van der Waals surface area contributed by atoms with Crippen molar-refractivity contribution in [2.45, 2.75) is 58.3 Å². The van der Waals surface area contributed by atoms with Gasteiger partial charge in [-0.1, -0.05) is 139 Å². The molecule has 0 radical (unpaired) electrons. The number of benzene rings is 6. The van der Waals surface area contributed by atoms with Crippen molar-refractivity contribution in [3.63, 3.8) is 0 Å². The van der Waals surface area contributed by atoms with Gasteiger partial charge in [0, 0.05) is 27.9 Å². The van der Waals surface area contributed by atoms with E-state index in [1.807, 2.05) is 0 Å². The molecule has 0 fully saturated rings. The minimum absolute atomic E-state index is 0.0762. The first-order chi connectivity index (χ1) is 22.2. The third-order valence-corrected chi connectivity index (χ3v) is 10.6. The average molecular weight is 596 g/mol. The summed E-state index contributed by atoms with van der Waals surface area (Å²) < 4.78 is 0. The van der Waals surface area contributed by atoms with Gasteiger partial charge in [-0.05, 0) is 104 Å². The van der Waals surface area contributed by atoms with Gasteiger partial charge in [0.2, 0.25) is 0 Å². The highest BCUT2D eigenvalue weighted by Gasteiger charge is 2.38. The second kappa shape index (κ2) is 10.3. The van der Waals surface area contributed by atoms with Crippen LogP contribution in [0, 0.1) is 0 Å². The first kappa shape index (κ1) is 28.6. The lowest BCUT2D eigenvalue weighted by Crippen LogP contribution is -2.18. The molecule has 0 saturated carbocycles. The van der Waals surface area contributed by atoms with Gasteiger partial charge in [0.15, 0.2) is 0 Å². The number of hydrogen-bond acceptors (Lipinski definition) is 1. The topological polar surface area (TPSA) is 3.24 Å². The molecule has 0 amide bonds. The van der Waals surface area contributed by atoms with Crippen molar-refractivity contribution in [3.8, 4) is 33.4 Å². The van der Waals surface area contributed by atoms with Crippen molar-refractivity contribution >= 4 is 17.1 Å². The molecular formula is C45H41N. The van der Waals surface area contributed by atoms with Crippen molar-refractivity contribution in [2.75, 3.05) is 4.90 Å². The molecule has 2 aliphatic rings. The van der Waals surface area contributed by atoms with Crippen LogP contribution in [0.25, 0.3) is 33.4 Å². The van der Waals surface area contributed by atoms with E-state index in [9.17, 15) is 0 Å². The first-order valence-corrected chi connectivity index (χ1v) is 16.6. The Morgan fingerprint density at radius 2 is 0.913 bits per heavy atom. The van der Waals surface area contributed by atoms with Gasteiger partial charge in [-0.25, -0.2) is 0 Å². The molecule has 0 atom stereocenters. The van der Waals surface area contributed by atoms with Crippen LogP contribution in [0.5, 0.6) is 0 Å². The Morgan fingerprint density at radius 3 is 1.43 bits per heavy atom. The smallest absolute Gasteiger partial charge is 0.0496 e. The lowest BCUT2D eigenvalue weighted by Gasteiger charge is -2.32. The molecule has 226 valence electrons. The van der Waals surface area contributed by atoms with Gasteiger partial charge >= 0.3 is 0 Å². The maximum Gasteiger partial charge on any atom is 0.0496 e. The molecule has 6 aromatic rings. The van der Waals surface area contributed by atoms with Gasteiger partial charge in [-0.2, -0.15) is 0 Å². The minimum atomic E-state index is -0.0762. The predicted molar refractivity (Wildman–Crippen MR) is 196 cm³/mol. The van der Waals surface area contributed by atoms with E-state index >= 15 is 0 Å². The Hall–Kier alpha value is -4.88. The zero-order chi connectivity index (χ0) is 31.8. The van der Waals surface area contributed by atoms with Crippen LogP contribution < -0.4 is 4.90 Å². The molecule has 1 nitrogen and oxygen atoms in total. The molecule has 0 unspecified atom stereocenters. The van der Waals surface area contributed by atoms with Crippen LogP contribution in [-0.4, -0.2) is 0 Å². The fraction of sp³-hybridized carbons (Fsp3) is 0.200. The predicted octanol–water partition coefficient (Wildman–Crippen LogP) is 12.6. The fourth-order valence-corrected chi connectivity index (χ4v) is 8.12. The molecule has 8 rings (SSSR count). The lowest BCUT2D eigenvalue weighted by molar-refractivity contribution is 0.660. The molecule has 46 heavy (non-hydrogen) atoms. The monoisotopic (exact) mass is 595 g/mol. The summed E-state index contributed by atoms with van der Waals surface area (Å²) in [5.74, 6) is 0.339. The van der Waals surface area contributed by atoms with E-state index in [1.54, 1.807) is 0 Å². The molecular weight excluding hydrogens is 555 g/mol. The van der Waals surface area contributed by atoms with Crippen LogP contribution >= 0.6 is 0 Å². The van der Waals surface area contributed by atoms with Crippen molar-refractivity contribution in [3.05, 3.63) is 161 Å². The van der Waals surface area contributed by atoms with E-state index in [4.69, 9.17) is 0 Å². The summed E-state index contributed by atoms with van der Waals surface area (Å²) in [5.41, 5.74) is 18.3. The summed E-state index contributed by atoms with van der Waals surface area (Å²) in [5, 5.41) is 0. The van der Waals surface area contributed by atoms with E-state index in [0.717, 1.165) is 0 Å². The van der Waals surface area contributed by atoms with Gasteiger partial charge < -0.3 is 4.90 Å². The Bertz CT molecular complexity index is 2020. The van der Waals surface area contributed by atoms with Gasteiger partial charge in [0.1, 0.15) is 0 Å². The minimum Gasteiger partial charge on any atom is -0.310 e. The summed E-state index contributed by atoms with van der Waals surface area (Å²) in [4.78, 5) is 2.52. The highest BCUT2D eigenvalue weighted by atomic mass is 15.1. The van der Waals surface area contributed by atoms with E-state index in [1.165, 1.54) is 78.3 Å². The summed E-state index contributed by atoms with van der Waals surface area (Å²) in [6.45, 7) is 14.1. The molecule has 0 aromatic heterocycles. The SMILES string of the molecule is CC(C)c1cc(-c2ccccc2)ccc1N(c1ccc2c(c1)C(C)(C)c1ccccc1-2)c1ccc2c(c1)C(C)(C)c1ccccc1-2. The third-order valence-electron chi connectivity index (χ3n) is 10.6. The van der Waals surface area contributed by atoms with Crippen LogP contribution in [-0.2, 0) is 10.8 Å². The third kappa shape index (κ3) is 4.22. The maximum atomic E-state index is 2.52. The number of nitrogens with zero attached hydrogens (tertiary/aromatic N) is 1. The molecule has 0 saturated heterocycles. The van der Waals surface area contributed by atoms with E-state index < -0.39 is 0 Å². The fourth-order valence-electron chi connectivity index (χ4n) is 8.12. The Labute approximate surface area is 274 Å². The molecule has 0 heterocycles. The lowest BCUT2D eigenvalue weighted by atomic mass is 9.82. The quantitative estimate of drug-likeness (QED) is 0.192. The zero-order valence-corrected chi connectivity index (χ0v) is 27.7. The van der Waals surface area contributed by atoms with Crippen LogP contribution in [0.4, 0.5) is 17.1 Å². The van der Waals surface area contributed by atoms with Crippen LogP contribution in [0.1, 0.15) is 75.3 Å². The number of hydrogen-bond donors (Lipinski definition) is 0. The summed E-state index contributed by atoms with van der Waals surface area (Å²) in [7, 11) is 0. The first-order valence-electron chi connectivity index (χ1n) is 16.6. The van der Waals surface area contributed by atoms with Crippen molar-refractivity contribution in [2.24, 2.45) is 0 Å². The average Bonchev–Trinajstić information content (AvgIpc) is 3.45. The van der Waals surface area contributed by atoms with Crippen LogP contribution in [0.15, 0.2) is 133 Å². The molecule has 1 heteroatoms. The van der Waals surface area contributed by atoms with E-state index in [2.05, 4.69) is 180 Å². The highest BCUT2D eigenvalue weighted by Crippen LogP contribution is 2.53. The second-order valence-electron chi connectivity index (χ2n) is 14.4. The summed E-state index contributed by atoms with van der Waals surface area (Å²) >= 11 is 0. The number of fused-ring (bicyclic) bond motifs is 6. The number of anilines is 3. The van der Waals surface area contributed by atoms with E-state index in [0.29, 0.717) is 5.92 Å². The molecule has 0 bridgehead atoms. The molecule has 0 N–H and O–H groups in total. The summed E-state index contributed by atoms with van der Waals surface area (Å²) in [6.07, 6.45) is 0. The Morgan fingerprint density at radius 1 is 0.435 bits per heavy atom. The Kier molecular flexibility index (Phi) is 6.41. The van der Waals surface area contributed by atoms with Crippen molar-refractivity contribution in [1.29, 1.82) is 0 Å². The van der Waals surface area contributed by atoms with Gasteiger partial charge in [-0.3, -0.25) is 0 Å². The van der Waals surface area contributed by atoms with E-state index in [-0.39, 0.29) is 10.8 Å². The molecule has 6 aromatic carbocycles. The van der Waals surface area contributed by atoms with Gasteiger partial charge in [0.25, 0.3) is 0 Å². The normalized spacial score (nSPS) is 14.8. The largest absolute Gasteiger partial charge is 0.310 e. The molecule has 0 spiro atoms. The Balaban J connectivity index is 1.35. The molecule has 2 aliphatic carbocycles. The molecule has 0 aliphatic heterocycles. The number of rotatable bonds is 5. The maximum absolute atomic E-state index is 2.52. The van der Waals surface area contributed by atoms with Gasteiger partial charge in [0.05, 0.1) is 0 Å². The van der Waals surface area contributed by atoms with Crippen molar-refractivity contribution < 1.29 is 0 Å². The zero-order valence-electron chi connectivity index (χ0n) is 27.7. The van der Waals surface area contributed by atoms with Crippen molar-refractivity contribution in [1.82, 2.24) is 0 Å².